The summed E-state index contributed by atoms with van der Waals surface area (Å²) in [5, 5.41) is 9.18. The number of amides is 2. The largest absolute Gasteiger partial charge is 0.483 e. The highest BCUT2D eigenvalue weighted by molar-refractivity contribution is 5.98. The van der Waals surface area contributed by atoms with Gasteiger partial charge in [-0.3, -0.25) is 34.6 Å². The van der Waals surface area contributed by atoms with Crippen LogP contribution in [0.2, 0.25) is 0 Å². The molecule has 0 bridgehead atoms. The van der Waals surface area contributed by atoms with Crippen LogP contribution in [-0.2, 0) is 9.59 Å². The fourth-order valence-electron chi connectivity index (χ4n) is 1.35. The van der Waals surface area contributed by atoms with Crippen LogP contribution in [0.5, 0.6) is 0 Å². The molecule has 0 unspecified atom stereocenters. The van der Waals surface area contributed by atoms with E-state index in [-0.39, 0.29) is 24.7 Å². The normalized spacial score (nSPS) is 8.36. The average Bonchev–Trinajstić information content (AvgIpc) is 2.68. The lowest BCUT2D eigenvalue weighted by Gasteiger charge is -1.97. The first-order chi connectivity index (χ1) is 12.1. The standard InChI is InChI=1S/C8H8N2O2.C6H7N3O.CH2O2/c11-6-10-5-8(12)7-1-3-9-4-2-7;7-9-6(10)5-2-1-3-8-4-5;2-1-3/h1-4,6H,5H2,(H,10,11);1-4H,7H2,(H,9,10);1H,(H,2,3). The lowest BCUT2D eigenvalue weighted by atomic mass is 10.2. The number of nitrogen functional groups attached to an aromatic ring is 1. The van der Waals surface area contributed by atoms with Gasteiger partial charge in [0.2, 0.25) is 6.41 Å². The summed E-state index contributed by atoms with van der Waals surface area (Å²) in [6.07, 6.45) is 6.61. The molecule has 2 aromatic rings. The molecule has 0 saturated carbocycles. The van der Waals surface area contributed by atoms with Gasteiger partial charge in [-0.05, 0) is 24.3 Å². The third-order valence-electron chi connectivity index (χ3n) is 2.40. The lowest BCUT2D eigenvalue weighted by molar-refractivity contribution is -0.122. The van der Waals surface area contributed by atoms with E-state index in [1.807, 2.05) is 5.43 Å². The minimum absolute atomic E-state index is 0.0352. The molecule has 0 radical (unpaired) electrons. The van der Waals surface area contributed by atoms with E-state index in [0.29, 0.717) is 17.5 Å². The number of ketones is 1. The van der Waals surface area contributed by atoms with Crippen molar-refractivity contribution < 1.29 is 24.3 Å². The first kappa shape index (κ1) is 21.3. The van der Waals surface area contributed by atoms with Crippen LogP contribution in [0.1, 0.15) is 20.7 Å². The number of carbonyl (C=O) groups excluding carboxylic acids is 3. The molecule has 132 valence electrons. The molecular formula is C15H17N5O5. The van der Waals surface area contributed by atoms with Crippen molar-refractivity contribution in [3.05, 3.63) is 60.2 Å². The maximum absolute atomic E-state index is 11.2. The Bertz CT molecular complexity index is 652. The summed E-state index contributed by atoms with van der Waals surface area (Å²) in [5.74, 6) is 4.43. The molecule has 0 saturated heterocycles. The van der Waals surface area contributed by atoms with Crippen molar-refractivity contribution in [1.82, 2.24) is 20.7 Å². The second-order valence-electron chi connectivity index (χ2n) is 3.98. The first-order valence-electron chi connectivity index (χ1n) is 6.69. The molecule has 5 N–H and O–H groups in total. The number of nitrogens with one attached hydrogen (secondary N) is 2. The quantitative estimate of drug-likeness (QED) is 0.183. The predicted molar refractivity (Wildman–Crippen MR) is 87.2 cm³/mol. The van der Waals surface area contributed by atoms with E-state index in [0.717, 1.165) is 0 Å². The van der Waals surface area contributed by atoms with Crippen LogP contribution in [0, 0.1) is 0 Å². The zero-order valence-electron chi connectivity index (χ0n) is 13.0. The maximum Gasteiger partial charge on any atom is 0.290 e. The van der Waals surface area contributed by atoms with Crippen LogP contribution >= 0.6 is 0 Å². The smallest absolute Gasteiger partial charge is 0.290 e. The van der Waals surface area contributed by atoms with Crippen LogP contribution in [0.15, 0.2) is 49.1 Å². The average molecular weight is 347 g/mol. The van der Waals surface area contributed by atoms with Gasteiger partial charge < -0.3 is 10.4 Å². The van der Waals surface area contributed by atoms with Crippen LogP contribution in [0.4, 0.5) is 0 Å². The van der Waals surface area contributed by atoms with Crippen molar-refractivity contribution in [3.8, 4) is 0 Å². The molecule has 0 aliphatic rings. The summed E-state index contributed by atoms with van der Waals surface area (Å²) in [4.78, 5) is 47.6. The van der Waals surface area contributed by atoms with E-state index in [4.69, 9.17) is 15.7 Å². The number of aromatic nitrogens is 2. The minimum Gasteiger partial charge on any atom is -0.483 e. The zero-order valence-corrected chi connectivity index (χ0v) is 13.0. The van der Waals surface area contributed by atoms with Crippen molar-refractivity contribution >= 4 is 24.6 Å². The van der Waals surface area contributed by atoms with Crippen molar-refractivity contribution in [1.29, 1.82) is 0 Å². The number of Topliss-reactive ketones (excluding diaryl/α,β-unsaturated/α-hetero) is 1. The Morgan fingerprint density at radius 3 is 2.20 bits per heavy atom. The molecule has 0 aliphatic heterocycles. The molecule has 25 heavy (non-hydrogen) atoms. The van der Waals surface area contributed by atoms with Crippen LogP contribution in [-0.4, -0.2) is 46.2 Å². The van der Waals surface area contributed by atoms with Gasteiger partial charge in [0.05, 0.1) is 12.1 Å². The minimum atomic E-state index is -0.326. The fourth-order valence-corrected chi connectivity index (χ4v) is 1.35. The zero-order chi connectivity index (χ0) is 18.9. The van der Waals surface area contributed by atoms with Gasteiger partial charge in [-0.2, -0.15) is 0 Å². The summed E-state index contributed by atoms with van der Waals surface area (Å²) in [5.41, 5.74) is 3.02. The molecule has 2 rings (SSSR count). The monoisotopic (exact) mass is 347 g/mol. The van der Waals surface area contributed by atoms with Crippen molar-refractivity contribution in [3.63, 3.8) is 0 Å². The van der Waals surface area contributed by atoms with Crippen LogP contribution in [0.25, 0.3) is 0 Å². The molecule has 2 amide bonds. The molecule has 2 aromatic heterocycles. The summed E-state index contributed by atoms with van der Waals surface area (Å²) >= 11 is 0. The van der Waals surface area contributed by atoms with E-state index < -0.39 is 0 Å². The van der Waals surface area contributed by atoms with E-state index >= 15 is 0 Å². The topological polar surface area (TPSA) is 164 Å². The number of hydrogen-bond acceptors (Lipinski definition) is 7. The van der Waals surface area contributed by atoms with Crippen LogP contribution in [0.3, 0.4) is 0 Å². The van der Waals surface area contributed by atoms with Gasteiger partial charge in [0.1, 0.15) is 0 Å². The first-order valence-corrected chi connectivity index (χ1v) is 6.69. The Labute approximate surface area is 143 Å². The van der Waals surface area contributed by atoms with Crippen molar-refractivity contribution in [2.45, 2.75) is 0 Å². The van der Waals surface area contributed by atoms with Gasteiger partial charge in [-0.1, -0.05) is 0 Å². The number of carboxylic acid groups (broad SMARTS) is 1. The van der Waals surface area contributed by atoms with Gasteiger partial charge in [0, 0.05) is 30.4 Å². The molecule has 0 atom stereocenters. The number of pyridine rings is 2. The summed E-state index contributed by atoms with van der Waals surface area (Å²) in [7, 11) is 0. The second-order valence-corrected chi connectivity index (χ2v) is 3.98. The fraction of sp³-hybridized carbons (Fsp3) is 0.0667. The van der Waals surface area contributed by atoms with E-state index in [1.165, 1.54) is 18.6 Å². The van der Waals surface area contributed by atoms with Crippen LogP contribution < -0.4 is 16.6 Å². The van der Waals surface area contributed by atoms with Gasteiger partial charge in [-0.25, -0.2) is 5.84 Å². The Morgan fingerprint density at radius 1 is 1.08 bits per heavy atom. The summed E-state index contributed by atoms with van der Waals surface area (Å²) in [6, 6.07) is 6.52. The molecule has 0 spiro atoms. The molecule has 10 nitrogen and oxygen atoms in total. The van der Waals surface area contributed by atoms with Gasteiger partial charge in [0.25, 0.3) is 12.4 Å². The maximum atomic E-state index is 11.2. The molecule has 10 heteroatoms. The summed E-state index contributed by atoms with van der Waals surface area (Å²) in [6.45, 7) is -0.215. The molecule has 0 aliphatic carbocycles. The Morgan fingerprint density at radius 2 is 1.72 bits per heavy atom. The summed E-state index contributed by atoms with van der Waals surface area (Å²) < 4.78 is 0. The molecule has 0 aromatic carbocycles. The van der Waals surface area contributed by atoms with Crippen molar-refractivity contribution in [2.75, 3.05) is 6.54 Å². The number of rotatable bonds is 5. The Hall–Kier alpha value is -3.66. The third kappa shape index (κ3) is 9.86. The number of nitrogens with two attached hydrogens (primary N) is 1. The highest BCUT2D eigenvalue weighted by Crippen LogP contribution is 1.96. The molecule has 2 heterocycles. The predicted octanol–water partition coefficient (Wildman–Crippen LogP) is -0.604. The van der Waals surface area contributed by atoms with E-state index in [2.05, 4.69) is 15.3 Å². The molecular weight excluding hydrogens is 330 g/mol. The number of nitrogens with zero attached hydrogens (tertiary/aromatic N) is 2. The van der Waals surface area contributed by atoms with Gasteiger partial charge in [-0.15, -0.1) is 0 Å². The number of hydrogen-bond donors (Lipinski definition) is 4. The second kappa shape index (κ2) is 14.0. The van der Waals surface area contributed by atoms with Crippen molar-refractivity contribution in [2.24, 2.45) is 5.84 Å². The SMILES string of the molecule is NNC(=O)c1cccnc1.O=CNCC(=O)c1ccncc1.O=CO. The molecule has 0 fully saturated rings. The number of carbonyl (C=O) groups is 4. The highest BCUT2D eigenvalue weighted by Gasteiger charge is 2.02. The Kier molecular flexibility index (Phi) is 11.9. The highest BCUT2D eigenvalue weighted by atomic mass is 16.3. The van der Waals surface area contributed by atoms with Gasteiger partial charge in [0.15, 0.2) is 5.78 Å². The lowest BCUT2D eigenvalue weighted by Crippen LogP contribution is -2.29. The van der Waals surface area contributed by atoms with E-state index in [1.54, 1.807) is 30.5 Å². The van der Waals surface area contributed by atoms with E-state index in [9.17, 15) is 14.4 Å². The number of hydrazine groups is 1. The Balaban J connectivity index is 0.000000403. The third-order valence-corrected chi connectivity index (χ3v) is 2.40. The van der Waals surface area contributed by atoms with Gasteiger partial charge >= 0.3 is 0 Å².